The van der Waals surface area contributed by atoms with E-state index < -0.39 is 22.0 Å². The monoisotopic (exact) mass is 547 g/mol. The van der Waals surface area contributed by atoms with Gasteiger partial charge in [-0.3, -0.25) is 14.4 Å². The second-order valence-electron chi connectivity index (χ2n) is 9.86. The first-order chi connectivity index (χ1) is 18.7. The van der Waals surface area contributed by atoms with Gasteiger partial charge in [-0.15, -0.1) is 0 Å². The van der Waals surface area contributed by atoms with Gasteiger partial charge in [0.2, 0.25) is 11.8 Å². The quantitative estimate of drug-likeness (QED) is 0.394. The molecule has 39 heavy (non-hydrogen) atoms. The number of sulfonamides is 1. The predicted molar refractivity (Wildman–Crippen MR) is 148 cm³/mol. The molecule has 8 nitrogen and oxygen atoms in total. The number of carbonyl (C=O) groups is 3. The van der Waals surface area contributed by atoms with E-state index in [4.69, 9.17) is 0 Å². The maximum absolute atomic E-state index is 13.7. The molecular formula is C30H33N3O5S. The molecule has 3 aromatic rings. The Morgan fingerprint density at radius 1 is 0.872 bits per heavy atom. The highest BCUT2D eigenvalue weighted by molar-refractivity contribution is 7.90. The topological polar surface area (TPSA) is 104 Å². The Hall–Kier alpha value is -3.98. The van der Waals surface area contributed by atoms with E-state index in [-0.39, 0.29) is 54.2 Å². The van der Waals surface area contributed by atoms with Gasteiger partial charge in [-0.1, -0.05) is 72.8 Å². The number of hydrogen-bond donors (Lipinski definition) is 1. The summed E-state index contributed by atoms with van der Waals surface area (Å²) in [5, 5.41) is 2.95. The van der Waals surface area contributed by atoms with Gasteiger partial charge >= 0.3 is 0 Å². The van der Waals surface area contributed by atoms with Gasteiger partial charge in [0.05, 0.1) is 5.56 Å². The Kier molecular flexibility index (Phi) is 8.81. The van der Waals surface area contributed by atoms with Gasteiger partial charge in [0.25, 0.3) is 15.9 Å². The molecule has 1 atom stereocenters. The molecule has 1 aliphatic heterocycles. The van der Waals surface area contributed by atoms with Crippen LogP contribution in [0.5, 0.6) is 0 Å². The zero-order valence-electron chi connectivity index (χ0n) is 22.1. The average molecular weight is 548 g/mol. The average Bonchev–Trinajstić information content (AvgIpc) is 3.12. The first-order valence-corrected chi connectivity index (χ1v) is 14.5. The number of carbonyl (C=O) groups excluding carboxylic acids is 3. The van der Waals surface area contributed by atoms with Crippen LogP contribution in [-0.2, 0) is 32.6 Å². The van der Waals surface area contributed by atoms with E-state index in [0.717, 1.165) is 15.4 Å². The summed E-state index contributed by atoms with van der Waals surface area (Å²) in [6.45, 7) is 3.83. The first kappa shape index (κ1) is 28.0. The molecule has 0 fully saturated rings. The standard InChI is InChI=1S/C30H33N3O5S/c1-22(2)31-29(35)26(20-23-12-5-3-6-13-23)32(21-24-14-7-4-8-15-24)28(34)18-11-19-33-30(36)25-16-9-10-17-27(25)39(33,37)38/h3-10,12-17,22,26H,11,18-21H2,1-2H3,(H,31,35). The SMILES string of the molecule is CC(C)NC(=O)C(Cc1ccccc1)N(Cc1ccccc1)C(=O)CCCN1C(=O)c2ccccc2S1(=O)=O. The van der Waals surface area contributed by atoms with Gasteiger partial charge in [0, 0.05) is 32.0 Å². The van der Waals surface area contributed by atoms with Crippen molar-refractivity contribution in [2.45, 2.75) is 56.6 Å². The molecule has 1 unspecified atom stereocenters. The number of nitrogens with one attached hydrogen (secondary N) is 1. The third kappa shape index (κ3) is 6.54. The highest BCUT2D eigenvalue weighted by atomic mass is 32.2. The van der Waals surface area contributed by atoms with Crippen LogP contribution in [0.15, 0.2) is 89.8 Å². The molecule has 0 bridgehead atoms. The van der Waals surface area contributed by atoms with Crippen molar-refractivity contribution in [3.63, 3.8) is 0 Å². The molecule has 0 saturated heterocycles. The highest BCUT2D eigenvalue weighted by Gasteiger charge is 2.40. The van der Waals surface area contributed by atoms with E-state index in [0.29, 0.717) is 6.42 Å². The third-order valence-electron chi connectivity index (χ3n) is 6.56. The fraction of sp³-hybridized carbons (Fsp3) is 0.300. The Morgan fingerprint density at radius 2 is 1.46 bits per heavy atom. The summed E-state index contributed by atoms with van der Waals surface area (Å²) in [7, 11) is -3.95. The van der Waals surface area contributed by atoms with E-state index in [9.17, 15) is 22.8 Å². The zero-order chi connectivity index (χ0) is 28.0. The van der Waals surface area contributed by atoms with Crippen molar-refractivity contribution in [2.24, 2.45) is 0 Å². The summed E-state index contributed by atoms with van der Waals surface area (Å²) in [5.74, 6) is -1.14. The minimum atomic E-state index is -3.95. The van der Waals surface area contributed by atoms with Gasteiger partial charge in [-0.25, -0.2) is 12.7 Å². The van der Waals surface area contributed by atoms with Crippen LogP contribution in [-0.4, -0.2) is 54.0 Å². The number of rotatable bonds is 11. The van der Waals surface area contributed by atoms with Crippen LogP contribution in [0.3, 0.4) is 0 Å². The lowest BCUT2D eigenvalue weighted by atomic mass is 10.0. The number of fused-ring (bicyclic) bond motifs is 1. The van der Waals surface area contributed by atoms with Crippen molar-refractivity contribution in [3.05, 3.63) is 102 Å². The molecule has 1 aliphatic rings. The van der Waals surface area contributed by atoms with Crippen molar-refractivity contribution >= 4 is 27.7 Å². The van der Waals surface area contributed by atoms with Crippen molar-refractivity contribution < 1.29 is 22.8 Å². The predicted octanol–water partition coefficient (Wildman–Crippen LogP) is 3.78. The lowest BCUT2D eigenvalue weighted by molar-refractivity contribution is -0.141. The van der Waals surface area contributed by atoms with Crippen LogP contribution in [0.1, 0.15) is 48.2 Å². The van der Waals surface area contributed by atoms with Crippen molar-refractivity contribution in [1.29, 1.82) is 0 Å². The molecular weight excluding hydrogens is 514 g/mol. The smallest absolute Gasteiger partial charge is 0.269 e. The molecule has 0 saturated carbocycles. The maximum Gasteiger partial charge on any atom is 0.269 e. The fourth-order valence-electron chi connectivity index (χ4n) is 4.68. The van der Waals surface area contributed by atoms with Crippen LogP contribution in [0.25, 0.3) is 0 Å². The molecule has 0 aliphatic carbocycles. The maximum atomic E-state index is 13.7. The highest BCUT2D eigenvalue weighted by Crippen LogP contribution is 2.30. The second-order valence-corrected chi connectivity index (χ2v) is 11.7. The van der Waals surface area contributed by atoms with Gasteiger partial charge in [-0.05, 0) is 43.5 Å². The van der Waals surface area contributed by atoms with Crippen LogP contribution in [0, 0.1) is 0 Å². The minimum absolute atomic E-state index is 0.0136. The van der Waals surface area contributed by atoms with Crippen LogP contribution < -0.4 is 5.32 Å². The Bertz CT molecular complexity index is 1430. The molecule has 0 radical (unpaired) electrons. The van der Waals surface area contributed by atoms with E-state index in [2.05, 4.69) is 5.32 Å². The summed E-state index contributed by atoms with van der Waals surface area (Å²) in [4.78, 5) is 41.4. The molecule has 0 aromatic heterocycles. The molecule has 9 heteroatoms. The van der Waals surface area contributed by atoms with Crippen molar-refractivity contribution in [3.8, 4) is 0 Å². The normalized spacial score (nSPS) is 14.6. The van der Waals surface area contributed by atoms with E-state index >= 15 is 0 Å². The Morgan fingerprint density at radius 3 is 2.08 bits per heavy atom. The summed E-state index contributed by atoms with van der Waals surface area (Å²) in [5.41, 5.74) is 1.93. The van der Waals surface area contributed by atoms with Gasteiger partial charge in [0.15, 0.2) is 0 Å². The first-order valence-electron chi connectivity index (χ1n) is 13.0. The largest absolute Gasteiger partial charge is 0.352 e. The fourth-order valence-corrected chi connectivity index (χ4v) is 6.29. The van der Waals surface area contributed by atoms with Crippen molar-refractivity contribution in [2.75, 3.05) is 6.54 Å². The zero-order valence-corrected chi connectivity index (χ0v) is 22.9. The molecule has 1 N–H and O–H groups in total. The number of benzene rings is 3. The molecule has 4 rings (SSSR count). The third-order valence-corrected chi connectivity index (χ3v) is 8.40. The molecule has 3 amide bonds. The molecule has 204 valence electrons. The summed E-state index contributed by atoms with van der Waals surface area (Å²) in [6, 6.07) is 24.2. The van der Waals surface area contributed by atoms with Crippen LogP contribution >= 0.6 is 0 Å². The number of nitrogens with zero attached hydrogens (tertiary/aromatic N) is 2. The summed E-state index contributed by atoms with van der Waals surface area (Å²) >= 11 is 0. The van der Waals surface area contributed by atoms with Gasteiger partial charge < -0.3 is 10.2 Å². The Labute approximate surface area is 229 Å². The lowest BCUT2D eigenvalue weighted by Gasteiger charge is -2.32. The molecule has 0 spiro atoms. The van der Waals surface area contributed by atoms with Gasteiger partial charge in [-0.2, -0.15) is 0 Å². The van der Waals surface area contributed by atoms with E-state index in [1.807, 2.05) is 74.5 Å². The van der Waals surface area contributed by atoms with Gasteiger partial charge in [0.1, 0.15) is 10.9 Å². The van der Waals surface area contributed by atoms with Crippen LogP contribution in [0.2, 0.25) is 0 Å². The second kappa shape index (κ2) is 12.3. The molecule has 3 aromatic carbocycles. The summed E-state index contributed by atoms with van der Waals surface area (Å²) in [6.07, 6.45) is 0.432. The number of hydrogen-bond acceptors (Lipinski definition) is 5. The van der Waals surface area contributed by atoms with E-state index in [1.165, 1.54) is 12.1 Å². The summed E-state index contributed by atoms with van der Waals surface area (Å²) < 4.78 is 26.6. The van der Waals surface area contributed by atoms with Crippen LogP contribution in [0.4, 0.5) is 0 Å². The van der Waals surface area contributed by atoms with E-state index in [1.54, 1.807) is 17.0 Å². The Balaban J connectivity index is 1.55. The minimum Gasteiger partial charge on any atom is -0.352 e. The van der Waals surface area contributed by atoms with Crippen molar-refractivity contribution in [1.82, 2.24) is 14.5 Å². The molecule has 1 heterocycles. The number of amides is 3. The lowest BCUT2D eigenvalue weighted by Crippen LogP contribution is -2.51.